The molecule has 2 aromatic rings. The van der Waals surface area contributed by atoms with Gasteiger partial charge in [0.1, 0.15) is 0 Å². The quantitative estimate of drug-likeness (QED) is 0.708. The van der Waals surface area contributed by atoms with Gasteiger partial charge in [0.2, 0.25) is 12.6 Å². The Hall–Kier alpha value is -1.70. The van der Waals surface area contributed by atoms with Crippen LogP contribution in [-0.2, 0) is 13.0 Å². The third kappa shape index (κ3) is 2.90. The lowest BCUT2D eigenvalue weighted by molar-refractivity contribution is -0.798. The highest BCUT2D eigenvalue weighted by Crippen LogP contribution is 2.00. The van der Waals surface area contributed by atoms with E-state index in [1.54, 1.807) is 0 Å². The van der Waals surface area contributed by atoms with Crippen LogP contribution in [0.15, 0.2) is 55.0 Å². The zero-order chi connectivity index (χ0) is 12.1. The van der Waals surface area contributed by atoms with Gasteiger partial charge in [-0.25, -0.2) is 0 Å². The van der Waals surface area contributed by atoms with Crippen LogP contribution in [0.2, 0.25) is 0 Å². The van der Waals surface area contributed by atoms with Gasteiger partial charge in [0.25, 0.3) is 0 Å². The lowest BCUT2D eigenvalue weighted by Crippen LogP contribution is -2.49. The van der Waals surface area contributed by atoms with Gasteiger partial charge in [-0.2, -0.15) is 9.13 Å². The largest absolute Gasteiger partial charge is 0.213 e. The third-order valence-corrected chi connectivity index (χ3v) is 3.07. The Bertz CT molecular complexity index is 465. The van der Waals surface area contributed by atoms with Gasteiger partial charge in [-0.3, -0.25) is 0 Å². The second-order valence-corrected chi connectivity index (χ2v) is 4.37. The SMILES string of the molecule is CCc1cccc[n+]1C(C)C[n+]1ccccc1. The average Bonchev–Trinajstić information content (AvgIpc) is 2.40. The van der Waals surface area contributed by atoms with E-state index < -0.39 is 0 Å². The molecule has 2 aromatic heterocycles. The maximum absolute atomic E-state index is 2.36. The molecule has 2 rings (SSSR count). The standard InChI is InChI=1S/C15H20N2/c1-3-15-9-5-8-12-17(15)14(2)13-16-10-6-4-7-11-16/h4-12,14H,3,13H2,1-2H3/q+2. The first kappa shape index (κ1) is 11.8. The number of hydrogen-bond donors (Lipinski definition) is 0. The Labute approximate surface area is 103 Å². The van der Waals surface area contributed by atoms with Crippen molar-refractivity contribution in [1.29, 1.82) is 0 Å². The van der Waals surface area contributed by atoms with Gasteiger partial charge < -0.3 is 0 Å². The number of nitrogens with zero attached hydrogens (tertiary/aromatic N) is 2. The molecule has 1 atom stereocenters. The minimum absolute atomic E-state index is 0.471. The predicted octanol–water partition coefficient (Wildman–Crippen LogP) is 2.09. The highest BCUT2D eigenvalue weighted by Gasteiger charge is 2.20. The van der Waals surface area contributed by atoms with E-state index in [1.807, 2.05) is 6.07 Å². The summed E-state index contributed by atoms with van der Waals surface area (Å²) in [5.74, 6) is 0. The van der Waals surface area contributed by atoms with Crippen LogP contribution in [0, 0.1) is 0 Å². The average molecular weight is 228 g/mol. The molecular weight excluding hydrogens is 208 g/mol. The maximum Gasteiger partial charge on any atom is 0.213 e. The number of pyridine rings is 2. The van der Waals surface area contributed by atoms with Crippen molar-refractivity contribution in [1.82, 2.24) is 0 Å². The summed E-state index contributed by atoms with van der Waals surface area (Å²) in [5, 5.41) is 0. The zero-order valence-corrected chi connectivity index (χ0v) is 10.6. The first-order valence-electron chi connectivity index (χ1n) is 6.24. The molecule has 2 heterocycles. The molecule has 0 aliphatic carbocycles. The van der Waals surface area contributed by atoms with E-state index in [0.29, 0.717) is 6.04 Å². The predicted molar refractivity (Wildman–Crippen MR) is 67.4 cm³/mol. The minimum atomic E-state index is 0.471. The van der Waals surface area contributed by atoms with Crippen molar-refractivity contribution in [2.45, 2.75) is 32.9 Å². The number of aryl methyl sites for hydroxylation is 1. The summed E-state index contributed by atoms with van der Waals surface area (Å²) in [4.78, 5) is 0. The summed E-state index contributed by atoms with van der Waals surface area (Å²) in [6, 6.07) is 13.1. The molecule has 0 aliphatic heterocycles. The van der Waals surface area contributed by atoms with Crippen LogP contribution in [0.5, 0.6) is 0 Å². The lowest BCUT2D eigenvalue weighted by Gasteiger charge is -2.07. The van der Waals surface area contributed by atoms with E-state index in [1.165, 1.54) is 5.69 Å². The maximum atomic E-state index is 2.36. The van der Waals surface area contributed by atoms with Crippen LogP contribution in [0.3, 0.4) is 0 Å². The van der Waals surface area contributed by atoms with Crippen molar-refractivity contribution in [3.8, 4) is 0 Å². The highest BCUT2D eigenvalue weighted by atomic mass is 15.1. The first-order valence-corrected chi connectivity index (χ1v) is 6.24. The molecule has 0 bridgehead atoms. The van der Waals surface area contributed by atoms with Crippen molar-refractivity contribution in [3.05, 3.63) is 60.7 Å². The van der Waals surface area contributed by atoms with Gasteiger partial charge in [0.05, 0.1) is 0 Å². The van der Waals surface area contributed by atoms with Crippen molar-refractivity contribution < 1.29 is 9.13 Å². The Morgan fingerprint density at radius 2 is 1.71 bits per heavy atom. The molecule has 17 heavy (non-hydrogen) atoms. The fraction of sp³-hybridized carbons (Fsp3) is 0.333. The number of rotatable bonds is 4. The van der Waals surface area contributed by atoms with Gasteiger partial charge in [0.15, 0.2) is 24.3 Å². The van der Waals surface area contributed by atoms with E-state index in [9.17, 15) is 0 Å². The van der Waals surface area contributed by atoms with Gasteiger partial charge in [-0.15, -0.1) is 0 Å². The van der Waals surface area contributed by atoms with E-state index in [-0.39, 0.29) is 0 Å². The Kier molecular flexibility index (Phi) is 3.86. The summed E-state index contributed by atoms with van der Waals surface area (Å²) >= 11 is 0. The van der Waals surface area contributed by atoms with Crippen LogP contribution in [-0.4, -0.2) is 0 Å². The molecule has 0 radical (unpaired) electrons. The third-order valence-electron chi connectivity index (χ3n) is 3.07. The van der Waals surface area contributed by atoms with Crippen molar-refractivity contribution in [3.63, 3.8) is 0 Å². The van der Waals surface area contributed by atoms with Crippen LogP contribution < -0.4 is 9.13 Å². The highest BCUT2D eigenvalue weighted by molar-refractivity contribution is 4.96. The summed E-state index contributed by atoms with van der Waals surface area (Å²) in [6.45, 7) is 5.47. The van der Waals surface area contributed by atoms with Gasteiger partial charge >= 0.3 is 0 Å². The second-order valence-electron chi connectivity index (χ2n) is 4.37. The molecule has 0 aromatic carbocycles. The van der Waals surface area contributed by atoms with Crippen LogP contribution in [0.1, 0.15) is 25.6 Å². The summed E-state index contributed by atoms with van der Waals surface area (Å²) in [5.41, 5.74) is 1.39. The van der Waals surface area contributed by atoms with Crippen LogP contribution in [0.25, 0.3) is 0 Å². The summed E-state index contributed by atoms with van der Waals surface area (Å²) < 4.78 is 4.59. The molecule has 0 aliphatic rings. The molecule has 1 unspecified atom stereocenters. The smallest absolute Gasteiger partial charge is 0.198 e. The number of hydrogen-bond acceptors (Lipinski definition) is 0. The normalized spacial score (nSPS) is 12.4. The molecule has 0 fully saturated rings. The van der Waals surface area contributed by atoms with Crippen molar-refractivity contribution in [2.24, 2.45) is 0 Å². The molecule has 0 N–H and O–H groups in total. The molecule has 0 amide bonds. The molecule has 88 valence electrons. The molecule has 0 spiro atoms. The molecule has 0 saturated carbocycles. The Balaban J connectivity index is 2.17. The number of aromatic nitrogens is 2. The molecule has 0 saturated heterocycles. The van der Waals surface area contributed by atoms with E-state index >= 15 is 0 Å². The fourth-order valence-corrected chi connectivity index (χ4v) is 2.17. The summed E-state index contributed by atoms with van der Waals surface area (Å²) in [6.07, 6.45) is 7.48. The van der Waals surface area contributed by atoms with Gasteiger partial charge in [-0.05, 0) is 0 Å². The van der Waals surface area contributed by atoms with Crippen molar-refractivity contribution in [2.75, 3.05) is 0 Å². The summed E-state index contributed by atoms with van der Waals surface area (Å²) in [7, 11) is 0. The Morgan fingerprint density at radius 3 is 2.41 bits per heavy atom. The Morgan fingerprint density at radius 1 is 1.00 bits per heavy atom. The topological polar surface area (TPSA) is 7.76 Å². The van der Waals surface area contributed by atoms with E-state index in [0.717, 1.165) is 13.0 Å². The van der Waals surface area contributed by atoms with Gasteiger partial charge in [0, 0.05) is 37.6 Å². The van der Waals surface area contributed by atoms with Crippen molar-refractivity contribution >= 4 is 0 Å². The zero-order valence-electron chi connectivity index (χ0n) is 10.6. The van der Waals surface area contributed by atoms with Gasteiger partial charge in [-0.1, -0.05) is 19.1 Å². The van der Waals surface area contributed by atoms with E-state index in [2.05, 4.69) is 71.9 Å². The molecule has 2 nitrogen and oxygen atoms in total. The monoisotopic (exact) mass is 228 g/mol. The lowest BCUT2D eigenvalue weighted by atomic mass is 10.2. The first-order chi connectivity index (χ1) is 8.31. The fourth-order valence-electron chi connectivity index (χ4n) is 2.17. The minimum Gasteiger partial charge on any atom is -0.198 e. The van der Waals surface area contributed by atoms with E-state index in [4.69, 9.17) is 0 Å². The molecular formula is C15H20N2+2. The second kappa shape index (κ2) is 5.58. The van der Waals surface area contributed by atoms with Crippen LogP contribution >= 0.6 is 0 Å². The molecule has 2 heteroatoms. The van der Waals surface area contributed by atoms with Crippen LogP contribution in [0.4, 0.5) is 0 Å².